The molecule has 30 heteroatoms. The van der Waals surface area contributed by atoms with Crippen LogP contribution in [0, 0.1) is 22.0 Å². The number of imidazole rings is 1. The fraction of sp³-hybridized carbons (Fsp3) is 0.370. The van der Waals surface area contributed by atoms with E-state index in [-0.39, 0.29) is 52.8 Å². The Morgan fingerprint density at radius 3 is 2.49 bits per heavy atom. The van der Waals surface area contributed by atoms with Crippen molar-refractivity contribution in [3.8, 4) is 29.2 Å². The minimum atomic E-state index is -5.80. The Balaban J connectivity index is 0.760. The third-order valence-corrected chi connectivity index (χ3v) is 19.5. The third kappa shape index (κ3) is 11.2. The average Bonchev–Trinajstić information content (AvgIpc) is 1.22. The molecule has 0 bridgehead atoms. The fourth-order valence-corrected chi connectivity index (χ4v) is 15.3. The molecular formula is C54H55N9O18P3+. The number of anilines is 2. The molecule has 6 aromatic rings. The number of benzene rings is 4. The molecule has 0 saturated carbocycles. The van der Waals surface area contributed by atoms with Crippen LogP contribution in [-0.4, -0.2) is 113 Å². The summed E-state index contributed by atoms with van der Waals surface area (Å²) >= 11 is 0. The Hall–Kier alpha value is -7.27. The average molecular weight is 1210 g/mol. The van der Waals surface area contributed by atoms with Crippen LogP contribution in [0.2, 0.25) is 0 Å². The summed E-state index contributed by atoms with van der Waals surface area (Å²) in [6.45, 7) is 4.46. The lowest BCUT2D eigenvalue weighted by Gasteiger charge is -2.39. The molecule has 84 heavy (non-hydrogen) atoms. The number of hydrogen-bond acceptors (Lipinski definition) is 19. The van der Waals surface area contributed by atoms with Crippen molar-refractivity contribution in [2.24, 2.45) is 0 Å². The Morgan fingerprint density at radius 1 is 0.952 bits per heavy atom. The van der Waals surface area contributed by atoms with Crippen LogP contribution in [0.5, 0.6) is 17.4 Å². The maximum absolute atomic E-state index is 14.1. The van der Waals surface area contributed by atoms with Crippen molar-refractivity contribution in [2.75, 3.05) is 50.0 Å². The highest BCUT2D eigenvalue weighted by Crippen LogP contribution is 2.66. The zero-order chi connectivity index (χ0) is 59.0. The number of aliphatic hydroxyl groups is 1. The first kappa shape index (κ1) is 57.2. The minimum absolute atomic E-state index is 0.0187. The Labute approximate surface area is 477 Å². The molecule has 0 spiro atoms. The maximum Gasteiger partial charge on any atom is 0.490 e. The second-order valence-corrected chi connectivity index (χ2v) is 25.5. The second-order valence-electron chi connectivity index (χ2n) is 21.1. The molecule has 4 aromatic carbocycles. The van der Waals surface area contributed by atoms with Crippen LogP contribution in [0.15, 0.2) is 54.9 Å². The lowest BCUT2D eigenvalue weighted by molar-refractivity contribution is -0.386. The molecular weight excluding hydrogens is 1160 g/mol. The predicted octanol–water partition coefficient (Wildman–Crippen LogP) is 4.48. The van der Waals surface area contributed by atoms with Gasteiger partial charge in [-0.2, -0.15) is 18.6 Å². The van der Waals surface area contributed by atoms with Gasteiger partial charge in [0, 0.05) is 88.3 Å². The number of nitrogens with two attached hydrogens (primary N) is 1. The van der Waals surface area contributed by atoms with E-state index in [1.165, 1.54) is 63.2 Å². The number of rotatable bonds is 16. The molecule has 6 atom stereocenters. The monoisotopic (exact) mass is 1210 g/mol. The summed E-state index contributed by atoms with van der Waals surface area (Å²) in [5.74, 6) is 6.51. The Morgan fingerprint density at radius 2 is 1.71 bits per heavy atom. The number of nitro groups is 1. The molecule has 0 aliphatic carbocycles. The number of hydrogen-bond donors (Lipinski definition) is 7. The summed E-state index contributed by atoms with van der Waals surface area (Å²) in [5.41, 5.74) is 15.5. The second kappa shape index (κ2) is 22.3. The fourth-order valence-electron chi connectivity index (χ4n) is 12.3. The van der Waals surface area contributed by atoms with Gasteiger partial charge in [-0.05, 0) is 93.0 Å². The molecule has 2 aromatic heterocycles. The van der Waals surface area contributed by atoms with Crippen molar-refractivity contribution in [1.82, 2.24) is 29.4 Å². The number of phosphoric acid groups is 3. The topological polar surface area (TPSA) is 373 Å². The summed E-state index contributed by atoms with van der Waals surface area (Å²) in [6, 6.07) is 13.8. The van der Waals surface area contributed by atoms with E-state index in [2.05, 4.69) is 66.9 Å². The number of phosphoric ester groups is 1. The number of carbonyl (C=O) groups excluding carboxylic acids is 2. The van der Waals surface area contributed by atoms with Crippen LogP contribution in [-0.2, 0) is 57.3 Å². The summed E-state index contributed by atoms with van der Waals surface area (Å²) < 4.78 is 70.0. The highest BCUT2D eigenvalue weighted by molar-refractivity contribution is 7.66. The number of nitrogens with one attached hydrogen (secondary N) is 1. The number of nitrogens with zero attached hydrogens (tertiary/aromatic N) is 7. The number of aromatic nitrogens is 4. The van der Waals surface area contributed by atoms with Crippen molar-refractivity contribution < 1.29 is 80.2 Å². The number of aldehydes is 1. The first-order chi connectivity index (χ1) is 40.1. The van der Waals surface area contributed by atoms with Gasteiger partial charge in [0.1, 0.15) is 43.0 Å². The number of ether oxygens (including phenoxy) is 3. The zero-order valence-corrected chi connectivity index (χ0v) is 47.5. The van der Waals surface area contributed by atoms with Gasteiger partial charge in [-0.15, -0.1) is 0 Å². The highest BCUT2D eigenvalue weighted by atomic mass is 31.3. The van der Waals surface area contributed by atoms with Crippen LogP contribution >= 0.6 is 23.5 Å². The van der Waals surface area contributed by atoms with Gasteiger partial charge < -0.3 is 54.8 Å². The molecule has 27 nitrogen and oxygen atoms in total. The van der Waals surface area contributed by atoms with Crippen LogP contribution in [0.4, 0.5) is 17.3 Å². The van der Waals surface area contributed by atoms with E-state index < -0.39 is 65.4 Å². The minimum Gasteiger partial charge on any atom is -0.468 e. The van der Waals surface area contributed by atoms with Crippen LogP contribution in [0.3, 0.4) is 0 Å². The number of carbonyl (C=O) groups is 2. The van der Waals surface area contributed by atoms with Gasteiger partial charge in [0.15, 0.2) is 17.5 Å². The number of aryl methyl sites for hydroxylation is 2. The summed E-state index contributed by atoms with van der Waals surface area (Å²) in [7, 11) is -17.0. The summed E-state index contributed by atoms with van der Waals surface area (Å²) in [5, 5.41) is 28.3. The van der Waals surface area contributed by atoms with Gasteiger partial charge in [0.25, 0.3) is 11.6 Å². The quantitative estimate of drug-likeness (QED) is 0.0175. The molecule has 6 aliphatic rings. The SMILES string of the molecule is C[C@H](Oc1nc(N)nc2c1ncn2[C@H]1C[C@@H](O)[C@@H](COP(=O)(O)OP(=O)(O)OP(=O)(O)O)O1)c1ccc(C#CCNC(=O)c2ccc(C=O)c(C3=c4cc5c6c(c4Oc4c3cc3c7c4CCCN7CCC3)CCC[N+]=6CCC5)c2)cc1[N+](=O)[O-]. The molecule has 438 valence electrons. The standard InChI is InChI=1S/C54H54N9O18P3/c1-29(77-53-46-51(58-54(55)59-53)62(28-57-46)44-25-42(65)43(78-44)27-76-83(72,73)81-84(74,75)80-82(69,70)71)35-15-12-30(21-41(35)63(67)68)7-2-16-56-52(66)33-13-14-34(26-64)38(24-33)45-39-22-31-8-3-17-60-19-5-10-36(47(31)60)49(39)79-50-37-11-6-20-61-18-4-9-32(48(37)61)23-40(45)50/h12-15,21-24,26,28-29,42-44,65H,3-6,8-11,16-20,25,27H2,1H3,(H6-,55,56,58,59,66,69,70,71,72,73,74,75)/p+1/t29-,42+,43+,44+/m0/s1. The first-order valence-electron chi connectivity index (χ1n) is 27.0. The molecule has 8 N–H and O–H groups in total. The largest absolute Gasteiger partial charge is 0.490 e. The molecule has 1 amide bonds. The zero-order valence-electron chi connectivity index (χ0n) is 44.8. The number of fused-ring (bicyclic) bond motifs is 5. The van der Waals surface area contributed by atoms with Gasteiger partial charge in [0.2, 0.25) is 17.2 Å². The van der Waals surface area contributed by atoms with E-state index in [9.17, 15) is 48.3 Å². The van der Waals surface area contributed by atoms with Gasteiger partial charge in [-0.25, -0.2) is 23.3 Å². The number of nitro benzene ring substituents is 1. The van der Waals surface area contributed by atoms with Crippen molar-refractivity contribution >= 4 is 69.7 Å². The maximum atomic E-state index is 14.1. The van der Waals surface area contributed by atoms with Crippen molar-refractivity contribution in [3.05, 3.63) is 131 Å². The van der Waals surface area contributed by atoms with E-state index in [1.807, 2.05) is 0 Å². The third-order valence-electron chi connectivity index (χ3n) is 15.7. The van der Waals surface area contributed by atoms with E-state index in [0.29, 0.717) is 16.7 Å². The number of amides is 1. The molecule has 6 aliphatic heterocycles. The first-order valence-corrected chi connectivity index (χ1v) is 31.5. The molecule has 8 heterocycles. The van der Waals surface area contributed by atoms with Crippen LogP contribution < -0.4 is 40.6 Å². The normalized spacial score (nSPS) is 20.4. The van der Waals surface area contributed by atoms with Crippen molar-refractivity contribution in [2.45, 2.75) is 89.3 Å². The molecule has 1 fully saturated rings. The molecule has 0 radical (unpaired) electrons. The van der Waals surface area contributed by atoms with E-state index >= 15 is 0 Å². The predicted molar refractivity (Wildman–Crippen MR) is 298 cm³/mol. The lowest BCUT2D eigenvalue weighted by Crippen LogP contribution is -2.45. The summed E-state index contributed by atoms with van der Waals surface area (Å²) in [6.07, 6.45) is 4.65. The van der Waals surface area contributed by atoms with Crippen LogP contribution in [0.1, 0.15) is 117 Å². The molecule has 1 saturated heterocycles. The van der Waals surface area contributed by atoms with Crippen LogP contribution in [0.25, 0.3) is 16.7 Å². The van der Waals surface area contributed by atoms with Gasteiger partial charge >= 0.3 is 23.5 Å². The smallest absolute Gasteiger partial charge is 0.468 e. The molecule has 12 rings (SSSR count). The van der Waals surface area contributed by atoms with Crippen molar-refractivity contribution in [1.29, 1.82) is 0 Å². The summed E-state index contributed by atoms with van der Waals surface area (Å²) in [4.78, 5) is 91.1. The van der Waals surface area contributed by atoms with Gasteiger partial charge in [-0.1, -0.05) is 17.9 Å². The molecule has 2 unspecified atom stereocenters. The lowest BCUT2D eigenvalue weighted by atomic mass is 9.81. The van der Waals surface area contributed by atoms with Crippen molar-refractivity contribution in [3.63, 3.8) is 0 Å². The van der Waals surface area contributed by atoms with E-state index in [0.717, 1.165) is 112 Å². The van der Waals surface area contributed by atoms with Gasteiger partial charge in [-0.3, -0.25) is 28.8 Å². The Bertz CT molecular complexity index is 4140. The number of aliphatic hydroxyl groups excluding tert-OH is 1. The highest BCUT2D eigenvalue weighted by Gasteiger charge is 2.44. The Kier molecular flexibility index (Phi) is 15.2. The number of nitrogen functional groups attached to an aromatic ring is 1. The van der Waals surface area contributed by atoms with E-state index in [4.69, 9.17) is 29.7 Å². The van der Waals surface area contributed by atoms with Gasteiger partial charge in [0.05, 0.1) is 41.6 Å². The van der Waals surface area contributed by atoms with E-state index in [1.54, 1.807) is 24.3 Å².